The second-order valence-electron chi connectivity index (χ2n) is 12.2. The van der Waals surface area contributed by atoms with Crippen LogP contribution in [0, 0.1) is 0 Å². The lowest BCUT2D eigenvalue weighted by molar-refractivity contribution is -0.163. The summed E-state index contributed by atoms with van der Waals surface area (Å²) in [6, 6.07) is 0. The van der Waals surface area contributed by atoms with E-state index < -0.39 is 80.8 Å². The molecule has 0 amide bonds. The van der Waals surface area contributed by atoms with Gasteiger partial charge in [0.25, 0.3) is 0 Å². The van der Waals surface area contributed by atoms with Gasteiger partial charge in [-0.25, -0.2) is 18.3 Å². The number of phosphoric acid groups is 4. The highest BCUT2D eigenvalue weighted by molar-refractivity contribution is 7.47. The highest BCUT2D eigenvalue weighted by atomic mass is 31.2. The largest absolute Gasteiger partial charge is 0.472 e. The van der Waals surface area contributed by atoms with Crippen LogP contribution in [0.1, 0.15) is 122 Å². The van der Waals surface area contributed by atoms with Gasteiger partial charge < -0.3 is 44.1 Å². The van der Waals surface area contributed by atoms with Gasteiger partial charge in [0.2, 0.25) is 0 Å². The first kappa shape index (κ1) is 47.9. The number of rotatable bonds is 29. The minimum absolute atomic E-state index is 0.0577. The Labute approximate surface area is 293 Å². The van der Waals surface area contributed by atoms with Crippen molar-refractivity contribution in [2.45, 2.75) is 153 Å². The number of aliphatic hydroxyl groups excluding tert-OH is 1. The molecule has 0 saturated heterocycles. The molecule has 6 atom stereocenters. The van der Waals surface area contributed by atoms with Gasteiger partial charge in [-0.2, -0.15) is 0 Å². The van der Waals surface area contributed by atoms with Crippen molar-refractivity contribution in [1.29, 1.82) is 0 Å². The molecular weight excluding hydrogens is 752 g/mol. The van der Waals surface area contributed by atoms with Gasteiger partial charge in [-0.05, 0) is 6.42 Å². The monoisotopic (exact) mass is 808 g/mol. The SMILES string of the molecule is CCCCCCCCCCCCCCCCCC(=O)OCCCOP(=O)(O)OC1CC(OP(=O)(O)O)C(OP(=O)(O)O)C(OP(=O)(O)O)C1O. The highest BCUT2D eigenvalue weighted by Gasteiger charge is 2.54. The average molecular weight is 809 g/mol. The predicted octanol–water partition coefficient (Wildman–Crippen LogP) is 4.88. The lowest BCUT2D eigenvalue weighted by Gasteiger charge is -2.43. The van der Waals surface area contributed by atoms with Crippen molar-refractivity contribution in [2.75, 3.05) is 13.2 Å². The third kappa shape index (κ3) is 24.2. The number of unbranched alkanes of at least 4 members (excludes halogenated alkanes) is 14. The molecular formula is C27H56O19P4. The Kier molecular flexibility index (Phi) is 23.3. The topological polar surface area (TPSA) is 303 Å². The van der Waals surface area contributed by atoms with E-state index in [1.807, 2.05) is 0 Å². The van der Waals surface area contributed by atoms with Gasteiger partial charge in [0, 0.05) is 19.3 Å². The molecule has 0 aromatic heterocycles. The second kappa shape index (κ2) is 24.3. The van der Waals surface area contributed by atoms with Crippen LogP contribution in [0.3, 0.4) is 0 Å². The number of esters is 1. The third-order valence-electron chi connectivity index (χ3n) is 7.72. The molecule has 298 valence electrons. The number of hydrogen-bond acceptors (Lipinski definition) is 12. The van der Waals surface area contributed by atoms with Crippen LogP contribution in [0.5, 0.6) is 0 Å². The maximum atomic E-state index is 12.5. The molecule has 1 aliphatic rings. The summed E-state index contributed by atoms with van der Waals surface area (Å²) in [5.74, 6) is -0.451. The standard InChI is InChI=1S/C27H56O19P4/c1-2-3-4-5-6-7-8-9-10-11-12-13-14-15-16-18-24(28)41-19-17-20-42-50(39,40)44-22-21-23(43-47(30,31)32)26(45-48(33,34)35)27(25(22)29)46-49(36,37)38/h22-23,25-27,29H,2-21H2,1H3,(H,39,40)(H2,30,31,32)(H2,33,34,35)(H2,36,37,38). The van der Waals surface area contributed by atoms with E-state index in [2.05, 4.69) is 20.5 Å². The Morgan fingerprint density at radius 2 is 1.00 bits per heavy atom. The molecule has 1 saturated carbocycles. The quantitative estimate of drug-likeness (QED) is 0.0284. The van der Waals surface area contributed by atoms with Gasteiger partial charge in [-0.1, -0.05) is 96.8 Å². The van der Waals surface area contributed by atoms with Crippen LogP contribution in [0.4, 0.5) is 0 Å². The van der Waals surface area contributed by atoms with Crippen LogP contribution < -0.4 is 0 Å². The summed E-state index contributed by atoms with van der Waals surface area (Å²) < 4.78 is 74.7. The summed E-state index contributed by atoms with van der Waals surface area (Å²) in [6.07, 6.45) is 5.51. The molecule has 0 aromatic rings. The van der Waals surface area contributed by atoms with E-state index in [0.29, 0.717) is 6.42 Å². The minimum Gasteiger partial charge on any atom is -0.466 e. The van der Waals surface area contributed by atoms with E-state index in [-0.39, 0.29) is 19.4 Å². The van der Waals surface area contributed by atoms with E-state index in [1.54, 1.807) is 0 Å². The van der Waals surface area contributed by atoms with Crippen LogP contribution in [-0.4, -0.2) is 89.1 Å². The third-order valence-corrected chi connectivity index (χ3v) is 10.3. The summed E-state index contributed by atoms with van der Waals surface area (Å²) in [7, 11) is -21.8. The van der Waals surface area contributed by atoms with Crippen LogP contribution in [0.2, 0.25) is 0 Å². The molecule has 1 aliphatic carbocycles. The van der Waals surface area contributed by atoms with E-state index >= 15 is 0 Å². The molecule has 0 aromatic carbocycles. The summed E-state index contributed by atoms with van der Waals surface area (Å²) in [4.78, 5) is 77.4. The van der Waals surface area contributed by atoms with Crippen LogP contribution in [0.15, 0.2) is 0 Å². The molecule has 6 unspecified atom stereocenters. The lowest BCUT2D eigenvalue weighted by Crippen LogP contribution is -2.58. The molecule has 8 N–H and O–H groups in total. The van der Waals surface area contributed by atoms with E-state index in [0.717, 1.165) is 19.3 Å². The van der Waals surface area contributed by atoms with Crippen molar-refractivity contribution in [2.24, 2.45) is 0 Å². The highest BCUT2D eigenvalue weighted by Crippen LogP contribution is 2.53. The normalized spacial score (nSPS) is 23.1. The summed E-state index contributed by atoms with van der Waals surface area (Å²) >= 11 is 0. The summed E-state index contributed by atoms with van der Waals surface area (Å²) in [5, 5.41) is 10.6. The first-order valence-electron chi connectivity index (χ1n) is 16.9. The zero-order valence-corrected chi connectivity index (χ0v) is 32.0. The maximum absolute atomic E-state index is 12.5. The predicted molar refractivity (Wildman–Crippen MR) is 177 cm³/mol. The van der Waals surface area contributed by atoms with Crippen molar-refractivity contribution in [1.82, 2.24) is 0 Å². The Morgan fingerprint density at radius 1 is 0.560 bits per heavy atom. The fraction of sp³-hybridized carbons (Fsp3) is 0.963. The van der Waals surface area contributed by atoms with Gasteiger partial charge in [0.1, 0.15) is 30.5 Å². The van der Waals surface area contributed by atoms with Crippen LogP contribution in [0.25, 0.3) is 0 Å². The Morgan fingerprint density at radius 3 is 1.46 bits per heavy atom. The summed E-state index contributed by atoms with van der Waals surface area (Å²) in [5.41, 5.74) is 0. The fourth-order valence-corrected chi connectivity index (χ4v) is 8.08. The van der Waals surface area contributed by atoms with Gasteiger partial charge in [-0.3, -0.25) is 27.4 Å². The second-order valence-corrected chi connectivity index (χ2v) is 17.2. The van der Waals surface area contributed by atoms with Crippen molar-refractivity contribution >= 4 is 37.3 Å². The van der Waals surface area contributed by atoms with Crippen molar-refractivity contribution < 1.29 is 89.8 Å². The fourth-order valence-electron chi connectivity index (χ4n) is 5.41. The minimum atomic E-state index is -5.59. The van der Waals surface area contributed by atoms with Crippen molar-refractivity contribution in [3.63, 3.8) is 0 Å². The van der Waals surface area contributed by atoms with Crippen LogP contribution >= 0.6 is 31.3 Å². The zero-order chi connectivity index (χ0) is 37.8. The molecule has 50 heavy (non-hydrogen) atoms. The zero-order valence-electron chi connectivity index (χ0n) is 28.4. The average Bonchev–Trinajstić information content (AvgIpc) is 2.97. The van der Waals surface area contributed by atoms with Gasteiger partial charge in [0.05, 0.1) is 13.2 Å². The number of aliphatic hydroxyl groups is 1. The number of carbonyl (C=O) groups is 1. The number of hydrogen-bond donors (Lipinski definition) is 8. The van der Waals surface area contributed by atoms with Crippen LogP contribution in [-0.2, 0) is 50.4 Å². The maximum Gasteiger partial charge on any atom is 0.472 e. The summed E-state index contributed by atoms with van der Waals surface area (Å²) in [6.45, 7) is 1.55. The Bertz CT molecular complexity index is 1140. The molecule has 0 aliphatic heterocycles. The molecule has 0 radical (unpaired) electrons. The molecule has 1 rings (SSSR count). The molecule has 0 bridgehead atoms. The molecule has 23 heteroatoms. The van der Waals surface area contributed by atoms with Crippen molar-refractivity contribution in [3.8, 4) is 0 Å². The van der Waals surface area contributed by atoms with Gasteiger partial charge >= 0.3 is 37.3 Å². The smallest absolute Gasteiger partial charge is 0.466 e. The molecule has 0 spiro atoms. The number of carbonyl (C=O) groups excluding carboxylic acids is 1. The van der Waals surface area contributed by atoms with E-state index in [1.165, 1.54) is 70.6 Å². The van der Waals surface area contributed by atoms with Gasteiger partial charge in [-0.15, -0.1) is 0 Å². The molecule has 0 heterocycles. The Hall–Kier alpha value is -0.130. The number of ether oxygens (including phenoxy) is 1. The molecule has 1 fully saturated rings. The lowest BCUT2D eigenvalue weighted by atomic mass is 9.87. The number of phosphoric ester groups is 4. The van der Waals surface area contributed by atoms with E-state index in [9.17, 15) is 62.4 Å². The molecule has 19 nitrogen and oxygen atoms in total. The Balaban J connectivity index is 2.39. The van der Waals surface area contributed by atoms with Gasteiger partial charge in [0.15, 0.2) is 0 Å². The first-order chi connectivity index (χ1) is 23.2. The van der Waals surface area contributed by atoms with E-state index in [4.69, 9.17) is 13.8 Å². The van der Waals surface area contributed by atoms with Crippen molar-refractivity contribution in [3.05, 3.63) is 0 Å². The first-order valence-corrected chi connectivity index (χ1v) is 23.0.